The molecule has 0 aliphatic rings. The Morgan fingerprint density at radius 2 is 1.81 bits per heavy atom. The predicted octanol–water partition coefficient (Wildman–Crippen LogP) is 3.09. The first-order valence-electron chi connectivity index (χ1n) is 8.11. The number of hydrogen-bond donors (Lipinski definition) is 3. The number of aryl methyl sites for hydroxylation is 1. The van der Waals surface area contributed by atoms with E-state index in [1.807, 2.05) is 12.1 Å². The van der Waals surface area contributed by atoms with Gasteiger partial charge in [0.1, 0.15) is 5.75 Å². The van der Waals surface area contributed by atoms with Crippen molar-refractivity contribution in [3.8, 4) is 17.1 Å². The van der Waals surface area contributed by atoms with Crippen molar-refractivity contribution in [3.05, 3.63) is 71.2 Å². The highest BCUT2D eigenvalue weighted by Gasteiger charge is 2.12. The van der Waals surface area contributed by atoms with Gasteiger partial charge in [0.15, 0.2) is 11.7 Å². The summed E-state index contributed by atoms with van der Waals surface area (Å²) in [6.07, 6.45) is 1.92. The second-order valence-corrected chi connectivity index (χ2v) is 6.08. The number of nitrogens with one attached hydrogen (secondary N) is 2. The molecule has 0 radical (unpaired) electrons. The van der Waals surface area contributed by atoms with Crippen molar-refractivity contribution >= 4 is 23.4 Å². The van der Waals surface area contributed by atoms with Gasteiger partial charge in [0.25, 0.3) is 5.91 Å². The van der Waals surface area contributed by atoms with Crippen molar-refractivity contribution in [2.24, 2.45) is 0 Å². The lowest BCUT2D eigenvalue weighted by Crippen LogP contribution is -2.41. The Hall–Kier alpha value is -3.32. The maximum absolute atomic E-state index is 11.9. The molecule has 1 heterocycles. The van der Waals surface area contributed by atoms with Gasteiger partial charge < -0.3 is 9.52 Å². The first kappa shape index (κ1) is 18.5. The molecule has 0 unspecified atom stereocenters. The number of rotatable bonds is 5. The summed E-state index contributed by atoms with van der Waals surface area (Å²) in [6, 6.07) is 13.2. The molecular weight excluding hydrogens is 370 g/mol. The number of para-hydroxylation sites is 1. The minimum atomic E-state index is -0.609. The first-order chi connectivity index (χ1) is 13.0. The van der Waals surface area contributed by atoms with E-state index in [0.717, 1.165) is 5.56 Å². The van der Waals surface area contributed by atoms with Crippen LogP contribution in [0, 0.1) is 0 Å². The summed E-state index contributed by atoms with van der Waals surface area (Å²) < 4.78 is 5.62. The maximum Gasteiger partial charge on any atom is 0.273 e. The topological polar surface area (TPSA) is 104 Å². The molecule has 138 valence electrons. The number of hydrazine groups is 1. The van der Waals surface area contributed by atoms with Crippen molar-refractivity contribution in [1.82, 2.24) is 15.8 Å². The van der Waals surface area contributed by atoms with Crippen LogP contribution in [-0.4, -0.2) is 21.9 Å². The number of benzene rings is 2. The molecule has 0 saturated carbocycles. The fourth-order valence-corrected chi connectivity index (χ4v) is 2.44. The summed E-state index contributed by atoms with van der Waals surface area (Å²) in [5.74, 6) is -0.205. The number of nitrogens with zero attached hydrogens (tertiary/aromatic N) is 1. The molecule has 2 aromatic carbocycles. The average Bonchev–Trinajstić information content (AvgIpc) is 3.14. The predicted molar refractivity (Wildman–Crippen MR) is 99.0 cm³/mol. The number of carbonyl (C=O) groups is 2. The Kier molecular flexibility index (Phi) is 5.73. The minimum Gasteiger partial charge on any atom is -0.507 e. The first-order valence-corrected chi connectivity index (χ1v) is 8.48. The molecule has 3 N–H and O–H groups in total. The van der Waals surface area contributed by atoms with Crippen LogP contribution in [0.1, 0.15) is 22.7 Å². The zero-order valence-corrected chi connectivity index (χ0v) is 14.9. The highest BCUT2D eigenvalue weighted by Crippen LogP contribution is 2.22. The zero-order chi connectivity index (χ0) is 19.2. The quantitative estimate of drug-likeness (QED) is 0.585. The van der Waals surface area contributed by atoms with E-state index in [-0.39, 0.29) is 24.2 Å². The monoisotopic (exact) mass is 385 g/mol. The molecule has 2 amide bonds. The van der Waals surface area contributed by atoms with E-state index in [1.165, 1.54) is 12.1 Å². The molecule has 0 aliphatic heterocycles. The number of oxazole rings is 1. The van der Waals surface area contributed by atoms with E-state index in [0.29, 0.717) is 16.7 Å². The van der Waals surface area contributed by atoms with Gasteiger partial charge in [-0.05, 0) is 36.4 Å². The van der Waals surface area contributed by atoms with Crippen LogP contribution in [0.2, 0.25) is 5.02 Å². The molecule has 0 aliphatic carbocycles. The van der Waals surface area contributed by atoms with Gasteiger partial charge in [0.05, 0.1) is 11.8 Å². The number of halogens is 1. The number of amides is 2. The van der Waals surface area contributed by atoms with Crippen LogP contribution >= 0.6 is 11.6 Å². The van der Waals surface area contributed by atoms with E-state index in [1.54, 1.807) is 30.5 Å². The summed E-state index contributed by atoms with van der Waals surface area (Å²) in [5.41, 5.74) is 5.44. The fraction of sp³-hybridized carbons (Fsp3) is 0.105. The second-order valence-electron chi connectivity index (χ2n) is 5.64. The van der Waals surface area contributed by atoms with Crippen LogP contribution in [0.4, 0.5) is 0 Å². The van der Waals surface area contributed by atoms with Crippen LogP contribution in [0.5, 0.6) is 5.75 Å². The Morgan fingerprint density at radius 3 is 2.56 bits per heavy atom. The van der Waals surface area contributed by atoms with Crippen LogP contribution in [0.15, 0.2) is 59.1 Å². The molecule has 0 fully saturated rings. The number of phenolic OH excluding ortho intramolecular Hbond substituents is 1. The lowest BCUT2D eigenvalue weighted by Gasteiger charge is -2.07. The van der Waals surface area contributed by atoms with Crippen molar-refractivity contribution in [1.29, 1.82) is 0 Å². The smallest absolute Gasteiger partial charge is 0.273 e. The van der Waals surface area contributed by atoms with Gasteiger partial charge in [0.2, 0.25) is 5.91 Å². The average molecular weight is 386 g/mol. The van der Waals surface area contributed by atoms with Gasteiger partial charge in [0, 0.05) is 23.4 Å². The van der Waals surface area contributed by atoms with Crippen LogP contribution in [0.25, 0.3) is 11.3 Å². The third-order valence-corrected chi connectivity index (χ3v) is 3.96. The van der Waals surface area contributed by atoms with Crippen LogP contribution in [-0.2, 0) is 11.2 Å². The Balaban J connectivity index is 1.49. The minimum absolute atomic E-state index is 0.0677. The highest BCUT2D eigenvalue weighted by molar-refractivity contribution is 6.30. The van der Waals surface area contributed by atoms with Gasteiger partial charge in [-0.15, -0.1) is 0 Å². The van der Waals surface area contributed by atoms with Crippen LogP contribution in [0.3, 0.4) is 0 Å². The largest absolute Gasteiger partial charge is 0.507 e. The number of phenols is 1. The summed E-state index contributed by atoms with van der Waals surface area (Å²) in [5, 5.41) is 10.2. The molecule has 3 rings (SSSR count). The van der Waals surface area contributed by atoms with Crippen molar-refractivity contribution in [2.75, 3.05) is 0 Å². The van der Waals surface area contributed by atoms with E-state index >= 15 is 0 Å². The normalized spacial score (nSPS) is 10.4. The lowest BCUT2D eigenvalue weighted by molar-refractivity contribution is -0.121. The molecule has 0 saturated heterocycles. The summed E-state index contributed by atoms with van der Waals surface area (Å²) in [6.45, 7) is 0. The van der Waals surface area contributed by atoms with Gasteiger partial charge in [-0.2, -0.15) is 0 Å². The van der Waals surface area contributed by atoms with E-state index in [2.05, 4.69) is 15.8 Å². The molecule has 7 nitrogen and oxygen atoms in total. The number of aromatic hydroxyl groups is 1. The molecule has 1 aromatic heterocycles. The highest BCUT2D eigenvalue weighted by atomic mass is 35.5. The third-order valence-electron chi connectivity index (χ3n) is 3.71. The summed E-state index contributed by atoms with van der Waals surface area (Å²) >= 11 is 5.85. The third kappa shape index (κ3) is 4.86. The van der Waals surface area contributed by atoms with Gasteiger partial charge >= 0.3 is 0 Å². The van der Waals surface area contributed by atoms with Crippen molar-refractivity contribution < 1.29 is 19.1 Å². The Labute approximate surface area is 160 Å². The standard InChI is InChI=1S/C19H16ClN3O4/c20-13-7-5-12(6-8-13)16-11-21-18(27-16)10-9-17(25)22-23-19(26)14-3-1-2-4-15(14)24/h1-8,11,24H,9-10H2,(H,22,25)(H,23,26). The second kappa shape index (κ2) is 8.37. The molecule has 8 heteroatoms. The molecule has 0 bridgehead atoms. The van der Waals surface area contributed by atoms with Crippen LogP contribution < -0.4 is 10.9 Å². The number of hydrogen-bond acceptors (Lipinski definition) is 5. The molecular formula is C19H16ClN3O4. The Morgan fingerprint density at radius 1 is 1.07 bits per heavy atom. The molecule has 0 spiro atoms. The lowest BCUT2D eigenvalue weighted by atomic mass is 10.2. The van der Waals surface area contributed by atoms with Gasteiger partial charge in [-0.1, -0.05) is 23.7 Å². The fourth-order valence-electron chi connectivity index (χ4n) is 2.32. The molecule has 0 atom stereocenters. The number of carbonyl (C=O) groups excluding carboxylic acids is 2. The Bertz CT molecular complexity index is 954. The number of aromatic nitrogens is 1. The van der Waals surface area contributed by atoms with E-state index in [4.69, 9.17) is 16.0 Å². The van der Waals surface area contributed by atoms with Crippen molar-refractivity contribution in [3.63, 3.8) is 0 Å². The van der Waals surface area contributed by atoms with E-state index in [9.17, 15) is 14.7 Å². The SMILES string of the molecule is O=C(CCc1ncc(-c2ccc(Cl)cc2)o1)NNC(=O)c1ccccc1O. The van der Waals surface area contributed by atoms with Crippen molar-refractivity contribution in [2.45, 2.75) is 12.8 Å². The summed E-state index contributed by atoms with van der Waals surface area (Å²) in [4.78, 5) is 27.9. The summed E-state index contributed by atoms with van der Waals surface area (Å²) in [7, 11) is 0. The zero-order valence-electron chi connectivity index (χ0n) is 14.1. The molecule has 27 heavy (non-hydrogen) atoms. The maximum atomic E-state index is 11.9. The molecule has 3 aromatic rings. The van der Waals surface area contributed by atoms with E-state index < -0.39 is 11.8 Å². The van der Waals surface area contributed by atoms with Gasteiger partial charge in [-0.25, -0.2) is 4.98 Å². The van der Waals surface area contributed by atoms with Gasteiger partial charge in [-0.3, -0.25) is 20.4 Å².